The van der Waals surface area contributed by atoms with Gasteiger partial charge in [0.05, 0.1) is 0 Å². The number of aryl methyl sites for hydroxylation is 1. The SMILES string of the molecule is Cc1ccc2c(c1)C(C)(C)[C@H]1CCC(C)(Sc3ccccc3)C[C@@H]1N2. The monoisotopic (exact) mass is 351 g/mol. The first kappa shape index (κ1) is 17.0. The van der Waals surface area contributed by atoms with Gasteiger partial charge in [-0.2, -0.15) is 0 Å². The molecule has 1 fully saturated rings. The summed E-state index contributed by atoms with van der Waals surface area (Å²) in [4.78, 5) is 1.40. The first-order chi connectivity index (χ1) is 11.9. The van der Waals surface area contributed by atoms with Gasteiger partial charge in [0.25, 0.3) is 0 Å². The third kappa shape index (κ3) is 3.10. The molecule has 1 saturated carbocycles. The van der Waals surface area contributed by atoms with E-state index in [4.69, 9.17) is 0 Å². The number of thioether (sulfide) groups is 1. The molecule has 2 aliphatic rings. The fraction of sp³-hybridized carbons (Fsp3) is 0.478. The van der Waals surface area contributed by atoms with Gasteiger partial charge in [0.15, 0.2) is 0 Å². The number of hydrogen-bond acceptors (Lipinski definition) is 2. The highest BCUT2D eigenvalue weighted by Crippen LogP contribution is 2.53. The van der Waals surface area contributed by atoms with Gasteiger partial charge < -0.3 is 5.32 Å². The molecule has 1 unspecified atom stereocenters. The largest absolute Gasteiger partial charge is 0.382 e. The van der Waals surface area contributed by atoms with Crippen LogP contribution < -0.4 is 5.32 Å². The number of nitrogens with one attached hydrogen (secondary N) is 1. The second-order valence-electron chi connectivity index (χ2n) is 8.74. The summed E-state index contributed by atoms with van der Waals surface area (Å²) in [6.07, 6.45) is 3.82. The molecule has 2 aromatic carbocycles. The van der Waals surface area contributed by atoms with Gasteiger partial charge in [-0.3, -0.25) is 0 Å². The smallest absolute Gasteiger partial charge is 0.0380 e. The van der Waals surface area contributed by atoms with Crippen LogP contribution in [0.1, 0.15) is 51.2 Å². The summed E-state index contributed by atoms with van der Waals surface area (Å²) in [5, 5.41) is 3.91. The Bertz CT molecular complexity index is 767. The van der Waals surface area contributed by atoms with Crippen molar-refractivity contribution in [3.63, 3.8) is 0 Å². The minimum atomic E-state index is 0.246. The molecule has 25 heavy (non-hydrogen) atoms. The Morgan fingerprint density at radius 3 is 2.56 bits per heavy atom. The Balaban J connectivity index is 1.61. The maximum Gasteiger partial charge on any atom is 0.0380 e. The number of hydrogen-bond donors (Lipinski definition) is 1. The molecular formula is C23H29NS. The van der Waals surface area contributed by atoms with Crippen LogP contribution in [0, 0.1) is 12.8 Å². The van der Waals surface area contributed by atoms with Gasteiger partial charge in [0, 0.05) is 21.4 Å². The lowest BCUT2D eigenvalue weighted by atomic mass is 9.61. The van der Waals surface area contributed by atoms with Crippen LogP contribution in [0.4, 0.5) is 5.69 Å². The van der Waals surface area contributed by atoms with Crippen molar-refractivity contribution in [1.29, 1.82) is 0 Å². The van der Waals surface area contributed by atoms with Gasteiger partial charge in [-0.15, -0.1) is 11.8 Å². The van der Waals surface area contributed by atoms with E-state index >= 15 is 0 Å². The number of anilines is 1. The van der Waals surface area contributed by atoms with E-state index in [0.29, 0.717) is 16.7 Å². The molecule has 3 atom stereocenters. The van der Waals surface area contributed by atoms with Crippen molar-refractivity contribution in [3.05, 3.63) is 59.7 Å². The average Bonchev–Trinajstić information content (AvgIpc) is 2.56. The zero-order valence-electron chi connectivity index (χ0n) is 15.8. The van der Waals surface area contributed by atoms with Gasteiger partial charge in [0.2, 0.25) is 0 Å². The average molecular weight is 352 g/mol. The maximum absolute atomic E-state index is 3.91. The van der Waals surface area contributed by atoms with Gasteiger partial charge in [-0.05, 0) is 61.3 Å². The van der Waals surface area contributed by atoms with E-state index in [1.54, 1.807) is 0 Å². The predicted octanol–water partition coefficient (Wildman–Crippen LogP) is 6.42. The van der Waals surface area contributed by atoms with Crippen LogP contribution in [0.5, 0.6) is 0 Å². The third-order valence-electron chi connectivity index (χ3n) is 6.37. The predicted molar refractivity (Wildman–Crippen MR) is 110 cm³/mol. The molecule has 0 bridgehead atoms. The summed E-state index contributed by atoms with van der Waals surface area (Å²) in [6.45, 7) is 9.57. The summed E-state index contributed by atoms with van der Waals surface area (Å²) in [5.74, 6) is 0.714. The van der Waals surface area contributed by atoms with Gasteiger partial charge >= 0.3 is 0 Å². The topological polar surface area (TPSA) is 12.0 Å². The van der Waals surface area contributed by atoms with E-state index < -0.39 is 0 Å². The second kappa shape index (κ2) is 6.09. The molecule has 132 valence electrons. The molecular weight excluding hydrogens is 322 g/mol. The lowest BCUT2D eigenvalue weighted by molar-refractivity contribution is 0.186. The normalized spacial score (nSPS) is 30.1. The summed E-state index contributed by atoms with van der Waals surface area (Å²) in [7, 11) is 0. The second-order valence-corrected chi connectivity index (χ2v) is 10.4. The zero-order valence-corrected chi connectivity index (χ0v) is 16.6. The van der Waals surface area contributed by atoms with Crippen molar-refractivity contribution in [1.82, 2.24) is 0 Å². The molecule has 0 radical (unpaired) electrons. The Labute approximate surface area is 156 Å². The fourth-order valence-electron chi connectivity index (χ4n) is 4.97. The molecule has 1 heterocycles. The maximum atomic E-state index is 3.91. The van der Waals surface area contributed by atoms with Crippen molar-refractivity contribution in [2.24, 2.45) is 5.92 Å². The van der Waals surface area contributed by atoms with Crippen LogP contribution in [0.25, 0.3) is 0 Å². The first-order valence-corrected chi connectivity index (χ1v) is 10.3. The van der Waals surface area contributed by atoms with Gasteiger partial charge in [-0.1, -0.05) is 56.7 Å². The standard InChI is InChI=1S/C23H29NS/c1-16-10-11-20-19(14-16)22(2,3)18-12-13-23(4,15-21(18)24-20)25-17-8-6-5-7-9-17/h5-11,14,18,21,24H,12-13,15H2,1-4H3/t18-,21-,23?/m0/s1. The summed E-state index contributed by atoms with van der Waals surface area (Å²) < 4.78 is 0.313. The highest BCUT2D eigenvalue weighted by molar-refractivity contribution is 8.00. The number of fused-ring (bicyclic) bond motifs is 2. The number of benzene rings is 2. The molecule has 0 saturated heterocycles. The van der Waals surface area contributed by atoms with Gasteiger partial charge in [0.1, 0.15) is 0 Å². The molecule has 1 nitrogen and oxygen atoms in total. The van der Waals surface area contributed by atoms with E-state index in [1.165, 1.54) is 41.0 Å². The van der Waals surface area contributed by atoms with Crippen LogP contribution in [-0.2, 0) is 5.41 Å². The Kier molecular flexibility index (Phi) is 4.15. The lowest BCUT2D eigenvalue weighted by Crippen LogP contribution is -2.52. The number of rotatable bonds is 2. The van der Waals surface area contributed by atoms with Gasteiger partial charge in [-0.25, -0.2) is 0 Å². The molecule has 1 aliphatic carbocycles. The summed E-state index contributed by atoms with van der Waals surface area (Å²) in [5.41, 5.74) is 4.47. The third-order valence-corrected chi connectivity index (χ3v) is 7.74. The lowest BCUT2D eigenvalue weighted by Gasteiger charge is -2.52. The Morgan fingerprint density at radius 1 is 1.04 bits per heavy atom. The minimum absolute atomic E-state index is 0.246. The van der Waals surface area contributed by atoms with E-state index in [2.05, 4.69) is 93.3 Å². The quantitative estimate of drug-likeness (QED) is 0.670. The molecule has 1 aliphatic heterocycles. The molecule has 4 rings (SSSR count). The Morgan fingerprint density at radius 2 is 1.80 bits per heavy atom. The fourth-order valence-corrected chi connectivity index (χ4v) is 6.31. The highest BCUT2D eigenvalue weighted by atomic mass is 32.2. The molecule has 0 aromatic heterocycles. The van der Waals surface area contributed by atoms with Crippen LogP contribution in [0.3, 0.4) is 0 Å². The van der Waals surface area contributed by atoms with Crippen molar-refractivity contribution < 1.29 is 0 Å². The van der Waals surface area contributed by atoms with Crippen LogP contribution >= 0.6 is 11.8 Å². The van der Waals surface area contributed by atoms with Crippen LogP contribution in [0.2, 0.25) is 0 Å². The van der Waals surface area contributed by atoms with Crippen molar-refractivity contribution >= 4 is 17.4 Å². The van der Waals surface area contributed by atoms with Crippen molar-refractivity contribution in [2.75, 3.05) is 5.32 Å². The van der Waals surface area contributed by atoms with Crippen LogP contribution in [-0.4, -0.2) is 10.8 Å². The Hall–Kier alpha value is -1.41. The summed E-state index contributed by atoms with van der Waals surface area (Å²) >= 11 is 2.07. The minimum Gasteiger partial charge on any atom is -0.382 e. The van der Waals surface area contributed by atoms with E-state index in [0.717, 1.165) is 0 Å². The van der Waals surface area contributed by atoms with Crippen molar-refractivity contribution in [3.8, 4) is 0 Å². The van der Waals surface area contributed by atoms with E-state index in [1.807, 2.05) is 0 Å². The first-order valence-electron chi connectivity index (χ1n) is 9.49. The highest BCUT2D eigenvalue weighted by Gasteiger charge is 2.48. The molecule has 1 N–H and O–H groups in total. The molecule has 2 aromatic rings. The van der Waals surface area contributed by atoms with E-state index in [9.17, 15) is 0 Å². The summed E-state index contributed by atoms with van der Waals surface area (Å²) in [6, 6.07) is 18.4. The molecule has 2 heteroatoms. The van der Waals surface area contributed by atoms with Crippen LogP contribution in [0.15, 0.2) is 53.4 Å². The van der Waals surface area contributed by atoms with E-state index in [-0.39, 0.29) is 5.41 Å². The van der Waals surface area contributed by atoms with Crippen molar-refractivity contribution in [2.45, 2.75) is 68.1 Å². The molecule has 0 spiro atoms. The zero-order chi connectivity index (χ0) is 17.7. The molecule has 0 amide bonds.